The lowest BCUT2D eigenvalue weighted by Crippen LogP contribution is -2.48. The molecule has 0 unspecified atom stereocenters. The van der Waals surface area contributed by atoms with E-state index < -0.39 is 5.56 Å². The minimum atomic E-state index is -0.435. The third-order valence-corrected chi connectivity index (χ3v) is 5.05. The average Bonchev–Trinajstić information content (AvgIpc) is 3.47. The van der Waals surface area contributed by atoms with E-state index in [9.17, 15) is 9.59 Å². The van der Waals surface area contributed by atoms with Gasteiger partial charge in [0.1, 0.15) is 12.1 Å². The Bertz CT molecular complexity index is 855. The van der Waals surface area contributed by atoms with Crippen LogP contribution in [0.2, 0.25) is 0 Å². The van der Waals surface area contributed by atoms with Gasteiger partial charge in [-0.2, -0.15) is 0 Å². The molecule has 2 aromatic heterocycles. The zero-order chi connectivity index (χ0) is 18.1. The first-order chi connectivity index (χ1) is 12.6. The van der Waals surface area contributed by atoms with Crippen molar-refractivity contribution in [1.82, 2.24) is 24.8 Å². The summed E-state index contributed by atoms with van der Waals surface area (Å²) in [5.74, 6) is 0.687. The van der Waals surface area contributed by atoms with E-state index in [0.29, 0.717) is 25.2 Å². The van der Waals surface area contributed by atoms with Crippen molar-refractivity contribution in [3.8, 4) is 0 Å². The van der Waals surface area contributed by atoms with Crippen molar-refractivity contribution in [2.75, 3.05) is 18.0 Å². The fourth-order valence-electron chi connectivity index (χ4n) is 3.61. The number of amides is 1. The van der Waals surface area contributed by atoms with Gasteiger partial charge < -0.3 is 14.8 Å². The van der Waals surface area contributed by atoms with Gasteiger partial charge in [0.05, 0.1) is 0 Å². The van der Waals surface area contributed by atoms with E-state index in [-0.39, 0.29) is 11.6 Å². The van der Waals surface area contributed by atoms with Gasteiger partial charge in [-0.25, -0.2) is 15.0 Å². The molecule has 2 fully saturated rings. The highest BCUT2D eigenvalue weighted by Crippen LogP contribution is 2.35. The number of nitrogens with zero attached hydrogens (tertiary/aromatic N) is 5. The molecule has 1 aliphatic carbocycles. The standard InChI is InChI=1S/C18H22N6O2/c1-12-10-15(22-11-21-12)24(13-2-3-13)14-4-8-23(9-5-14)18(26)16-17(25)20-7-6-19-16/h6-7,10-11,13-14H,2-5,8-9H2,1H3,(H,20,25). The molecule has 1 amide bonds. The number of likely N-dealkylation sites (tertiary alicyclic amines) is 1. The van der Waals surface area contributed by atoms with E-state index in [1.807, 2.05) is 13.0 Å². The molecule has 8 heteroatoms. The summed E-state index contributed by atoms with van der Waals surface area (Å²) in [5.41, 5.74) is 0.495. The lowest BCUT2D eigenvalue weighted by molar-refractivity contribution is 0.0704. The number of H-pyrrole nitrogens is 1. The highest BCUT2D eigenvalue weighted by molar-refractivity contribution is 5.91. The van der Waals surface area contributed by atoms with E-state index in [2.05, 4.69) is 24.8 Å². The number of rotatable bonds is 4. The van der Waals surface area contributed by atoms with Gasteiger partial charge in [0.25, 0.3) is 11.5 Å². The summed E-state index contributed by atoms with van der Waals surface area (Å²) >= 11 is 0. The Morgan fingerprint density at radius 2 is 1.88 bits per heavy atom. The number of aromatic nitrogens is 4. The predicted octanol–water partition coefficient (Wildman–Crippen LogP) is 1.14. The number of carbonyl (C=O) groups is 1. The van der Waals surface area contributed by atoms with Crippen molar-refractivity contribution in [2.24, 2.45) is 0 Å². The molecule has 1 N–H and O–H groups in total. The van der Waals surface area contributed by atoms with Crippen molar-refractivity contribution in [2.45, 2.75) is 44.7 Å². The third kappa shape index (κ3) is 3.31. The maximum atomic E-state index is 12.6. The first-order valence-corrected chi connectivity index (χ1v) is 9.03. The van der Waals surface area contributed by atoms with Crippen LogP contribution in [-0.4, -0.2) is 55.9 Å². The van der Waals surface area contributed by atoms with Crippen molar-refractivity contribution in [3.05, 3.63) is 46.5 Å². The summed E-state index contributed by atoms with van der Waals surface area (Å²) in [7, 11) is 0. The van der Waals surface area contributed by atoms with Crippen molar-refractivity contribution in [1.29, 1.82) is 0 Å². The maximum Gasteiger partial charge on any atom is 0.279 e. The van der Waals surface area contributed by atoms with E-state index in [4.69, 9.17) is 0 Å². The zero-order valence-electron chi connectivity index (χ0n) is 14.8. The monoisotopic (exact) mass is 354 g/mol. The Kier molecular flexibility index (Phi) is 4.40. The second-order valence-corrected chi connectivity index (χ2v) is 6.95. The molecule has 0 bridgehead atoms. The SMILES string of the molecule is Cc1cc(N(C2CC2)C2CCN(C(=O)c3ncc[nH]c3=O)CC2)ncn1. The van der Waals surface area contributed by atoms with Crippen LogP contribution in [0.4, 0.5) is 5.82 Å². The molecule has 4 rings (SSSR count). The van der Waals surface area contributed by atoms with Crippen LogP contribution in [0.3, 0.4) is 0 Å². The minimum Gasteiger partial charge on any atom is -0.350 e. The minimum absolute atomic E-state index is 0.0311. The molecule has 2 aromatic rings. The number of carbonyl (C=O) groups excluding carboxylic acids is 1. The van der Waals surface area contributed by atoms with Crippen LogP contribution in [0.1, 0.15) is 41.9 Å². The lowest BCUT2D eigenvalue weighted by Gasteiger charge is -2.39. The van der Waals surface area contributed by atoms with E-state index in [0.717, 1.165) is 24.4 Å². The molecule has 0 atom stereocenters. The summed E-state index contributed by atoms with van der Waals surface area (Å²) < 4.78 is 0. The second-order valence-electron chi connectivity index (χ2n) is 6.95. The van der Waals surface area contributed by atoms with Gasteiger partial charge in [0, 0.05) is 49.3 Å². The highest BCUT2D eigenvalue weighted by atomic mass is 16.2. The summed E-state index contributed by atoms with van der Waals surface area (Å²) in [6.07, 6.45) is 8.57. The van der Waals surface area contributed by atoms with E-state index in [1.165, 1.54) is 25.2 Å². The van der Waals surface area contributed by atoms with Crippen molar-refractivity contribution < 1.29 is 4.79 Å². The van der Waals surface area contributed by atoms with Gasteiger partial charge in [0.15, 0.2) is 5.69 Å². The van der Waals surface area contributed by atoms with Gasteiger partial charge >= 0.3 is 0 Å². The van der Waals surface area contributed by atoms with Crippen LogP contribution < -0.4 is 10.5 Å². The molecular weight excluding hydrogens is 332 g/mol. The fraction of sp³-hybridized carbons (Fsp3) is 0.500. The molecule has 3 heterocycles. The molecule has 0 aromatic carbocycles. The number of piperidine rings is 1. The molecule has 1 saturated carbocycles. The Labute approximate surface area is 151 Å². The third-order valence-electron chi connectivity index (χ3n) is 5.05. The second kappa shape index (κ2) is 6.86. The highest BCUT2D eigenvalue weighted by Gasteiger charge is 2.37. The number of nitrogens with one attached hydrogen (secondary N) is 1. The predicted molar refractivity (Wildman–Crippen MR) is 96.1 cm³/mol. The molecule has 1 aliphatic heterocycles. The Hall–Kier alpha value is -2.77. The first-order valence-electron chi connectivity index (χ1n) is 9.03. The Morgan fingerprint density at radius 1 is 1.15 bits per heavy atom. The molecule has 0 spiro atoms. The molecule has 1 saturated heterocycles. The van der Waals surface area contributed by atoms with Crippen LogP contribution in [0, 0.1) is 6.92 Å². The maximum absolute atomic E-state index is 12.6. The van der Waals surface area contributed by atoms with Gasteiger partial charge in [-0.1, -0.05) is 0 Å². The van der Waals surface area contributed by atoms with E-state index >= 15 is 0 Å². The number of hydrogen-bond acceptors (Lipinski definition) is 6. The summed E-state index contributed by atoms with van der Waals surface area (Å²) in [6, 6.07) is 2.92. The normalized spacial score (nSPS) is 18.0. The summed E-state index contributed by atoms with van der Waals surface area (Å²) in [4.78, 5) is 43.6. The topological polar surface area (TPSA) is 95.1 Å². The van der Waals surface area contributed by atoms with Crippen LogP contribution >= 0.6 is 0 Å². The number of aryl methyl sites for hydroxylation is 1. The van der Waals surface area contributed by atoms with Crippen LogP contribution in [-0.2, 0) is 0 Å². The Morgan fingerprint density at radius 3 is 2.54 bits per heavy atom. The molecule has 0 radical (unpaired) electrons. The smallest absolute Gasteiger partial charge is 0.279 e. The molecule has 136 valence electrons. The first kappa shape index (κ1) is 16.7. The van der Waals surface area contributed by atoms with Crippen LogP contribution in [0.15, 0.2) is 29.6 Å². The molecule has 2 aliphatic rings. The van der Waals surface area contributed by atoms with Gasteiger partial charge in [-0.15, -0.1) is 0 Å². The zero-order valence-corrected chi connectivity index (χ0v) is 14.8. The van der Waals surface area contributed by atoms with Crippen LogP contribution in [0.5, 0.6) is 0 Å². The quantitative estimate of drug-likeness (QED) is 0.885. The Balaban J connectivity index is 1.46. The van der Waals surface area contributed by atoms with Crippen molar-refractivity contribution in [3.63, 3.8) is 0 Å². The fourth-order valence-corrected chi connectivity index (χ4v) is 3.61. The summed E-state index contributed by atoms with van der Waals surface area (Å²) in [5, 5.41) is 0. The lowest BCUT2D eigenvalue weighted by atomic mass is 10.0. The van der Waals surface area contributed by atoms with Gasteiger partial charge in [0.2, 0.25) is 0 Å². The van der Waals surface area contributed by atoms with E-state index in [1.54, 1.807) is 11.2 Å². The number of anilines is 1. The molecular formula is C18H22N6O2. The molecule has 26 heavy (non-hydrogen) atoms. The number of hydrogen-bond donors (Lipinski definition) is 1. The molecule has 8 nitrogen and oxygen atoms in total. The summed E-state index contributed by atoms with van der Waals surface area (Å²) in [6.45, 7) is 3.21. The van der Waals surface area contributed by atoms with Gasteiger partial charge in [-0.3, -0.25) is 9.59 Å². The number of aromatic amines is 1. The van der Waals surface area contributed by atoms with Gasteiger partial charge in [-0.05, 0) is 32.6 Å². The van der Waals surface area contributed by atoms with Crippen LogP contribution in [0.25, 0.3) is 0 Å². The average molecular weight is 354 g/mol. The van der Waals surface area contributed by atoms with Crippen molar-refractivity contribution >= 4 is 11.7 Å². The largest absolute Gasteiger partial charge is 0.350 e.